The Morgan fingerprint density at radius 3 is 3.00 bits per heavy atom. The molecule has 4 nitrogen and oxygen atoms in total. The number of rotatable bonds is 3. The summed E-state index contributed by atoms with van der Waals surface area (Å²) in [5.41, 5.74) is 2.20. The Hall–Kier alpha value is -1.71. The summed E-state index contributed by atoms with van der Waals surface area (Å²) in [6.07, 6.45) is 1.62. The molecule has 2 rings (SSSR count). The molecule has 0 saturated carbocycles. The molecule has 2 heterocycles. The first-order chi connectivity index (χ1) is 7.27. The number of hydrogen-bond acceptors (Lipinski definition) is 3. The van der Waals surface area contributed by atoms with Gasteiger partial charge in [0.2, 0.25) is 0 Å². The van der Waals surface area contributed by atoms with Crippen molar-refractivity contribution in [3.05, 3.63) is 24.1 Å². The number of aromatic nitrogens is 1. The normalized spacial score (nSPS) is 10.8. The lowest BCUT2D eigenvalue weighted by molar-refractivity contribution is 0.0514. The van der Waals surface area contributed by atoms with Crippen molar-refractivity contribution in [2.24, 2.45) is 0 Å². The zero-order valence-corrected chi connectivity index (χ0v) is 8.82. The van der Waals surface area contributed by atoms with Crippen molar-refractivity contribution in [1.29, 1.82) is 0 Å². The van der Waals surface area contributed by atoms with E-state index in [1.807, 2.05) is 17.6 Å². The van der Waals surface area contributed by atoms with Crippen LogP contribution in [0.3, 0.4) is 0 Å². The fraction of sp³-hybridized carbons (Fsp3) is 0.364. The molecule has 0 radical (unpaired) electrons. The van der Waals surface area contributed by atoms with Gasteiger partial charge in [-0.3, -0.25) is 0 Å². The summed E-state index contributed by atoms with van der Waals surface area (Å²) in [6.45, 7) is 4.88. The van der Waals surface area contributed by atoms with Gasteiger partial charge in [0.1, 0.15) is 5.69 Å². The SMILES string of the molecule is CCOC(=O)c1cc2occc2n1CC. The van der Waals surface area contributed by atoms with Crippen LogP contribution in [0.4, 0.5) is 0 Å². The number of carbonyl (C=O) groups excluding carboxylic acids is 1. The van der Waals surface area contributed by atoms with Gasteiger partial charge in [0, 0.05) is 18.7 Å². The number of nitrogens with zero attached hydrogens (tertiary/aromatic N) is 1. The van der Waals surface area contributed by atoms with Gasteiger partial charge in [-0.25, -0.2) is 4.79 Å². The van der Waals surface area contributed by atoms with Gasteiger partial charge < -0.3 is 13.7 Å². The number of aryl methyl sites for hydroxylation is 1. The standard InChI is InChI=1S/C11H13NO3/c1-3-12-8-5-6-15-10(8)7-9(12)11(13)14-4-2/h5-7H,3-4H2,1-2H3. The van der Waals surface area contributed by atoms with E-state index >= 15 is 0 Å². The molecule has 0 bridgehead atoms. The smallest absolute Gasteiger partial charge is 0.355 e. The fourth-order valence-electron chi connectivity index (χ4n) is 1.69. The van der Waals surface area contributed by atoms with E-state index in [4.69, 9.17) is 9.15 Å². The van der Waals surface area contributed by atoms with Crippen molar-refractivity contribution >= 4 is 17.1 Å². The van der Waals surface area contributed by atoms with Crippen LogP contribution in [0.2, 0.25) is 0 Å². The number of ether oxygens (including phenoxy) is 1. The van der Waals surface area contributed by atoms with E-state index in [0.29, 0.717) is 12.3 Å². The number of fused-ring (bicyclic) bond motifs is 1. The van der Waals surface area contributed by atoms with E-state index in [-0.39, 0.29) is 5.97 Å². The average Bonchev–Trinajstić information content (AvgIpc) is 2.76. The molecule has 0 unspecified atom stereocenters. The maximum atomic E-state index is 11.6. The fourth-order valence-corrected chi connectivity index (χ4v) is 1.69. The van der Waals surface area contributed by atoms with Crippen molar-refractivity contribution in [2.75, 3.05) is 6.61 Å². The Balaban J connectivity index is 2.49. The molecule has 2 aromatic rings. The minimum atomic E-state index is -0.300. The predicted molar refractivity (Wildman–Crippen MR) is 55.8 cm³/mol. The van der Waals surface area contributed by atoms with Gasteiger partial charge in [0.15, 0.2) is 5.58 Å². The van der Waals surface area contributed by atoms with Gasteiger partial charge in [-0.1, -0.05) is 0 Å². The molecule has 0 N–H and O–H groups in total. The molecule has 0 atom stereocenters. The molecule has 0 spiro atoms. The van der Waals surface area contributed by atoms with Crippen molar-refractivity contribution in [2.45, 2.75) is 20.4 Å². The average molecular weight is 207 g/mol. The van der Waals surface area contributed by atoms with Crippen molar-refractivity contribution < 1.29 is 13.9 Å². The molecular weight excluding hydrogens is 194 g/mol. The Morgan fingerprint density at radius 2 is 2.33 bits per heavy atom. The van der Waals surface area contributed by atoms with Gasteiger partial charge in [0.25, 0.3) is 0 Å². The molecule has 80 valence electrons. The first-order valence-corrected chi connectivity index (χ1v) is 5.01. The van der Waals surface area contributed by atoms with Crippen LogP contribution >= 0.6 is 0 Å². The topological polar surface area (TPSA) is 44.4 Å². The summed E-state index contributed by atoms with van der Waals surface area (Å²) in [7, 11) is 0. The first kappa shape index (κ1) is 9.83. The second-order valence-corrected chi connectivity index (χ2v) is 3.16. The van der Waals surface area contributed by atoms with E-state index in [1.165, 1.54) is 0 Å². The maximum Gasteiger partial charge on any atom is 0.355 e. The molecular formula is C11H13NO3. The van der Waals surface area contributed by atoms with Crippen LogP contribution in [-0.2, 0) is 11.3 Å². The minimum Gasteiger partial charge on any atom is -0.463 e. The molecule has 0 saturated heterocycles. The van der Waals surface area contributed by atoms with E-state index in [1.54, 1.807) is 19.3 Å². The predicted octanol–water partition coefficient (Wildman–Crippen LogP) is 2.43. The molecule has 0 amide bonds. The van der Waals surface area contributed by atoms with Gasteiger partial charge in [0.05, 0.1) is 18.4 Å². The lowest BCUT2D eigenvalue weighted by atomic mass is 10.4. The second-order valence-electron chi connectivity index (χ2n) is 3.16. The zero-order chi connectivity index (χ0) is 10.8. The van der Waals surface area contributed by atoms with Crippen molar-refractivity contribution in [1.82, 2.24) is 4.57 Å². The van der Waals surface area contributed by atoms with E-state index in [9.17, 15) is 4.79 Å². The quantitative estimate of drug-likeness (QED) is 0.726. The third kappa shape index (κ3) is 1.52. The number of carbonyl (C=O) groups is 1. The van der Waals surface area contributed by atoms with E-state index in [2.05, 4.69) is 0 Å². The Bertz CT molecular complexity index is 481. The summed E-state index contributed by atoms with van der Waals surface area (Å²) < 4.78 is 12.1. The highest BCUT2D eigenvalue weighted by molar-refractivity contribution is 5.93. The Kier molecular flexibility index (Phi) is 2.49. The van der Waals surface area contributed by atoms with Crippen LogP contribution in [0.1, 0.15) is 24.3 Å². The van der Waals surface area contributed by atoms with Gasteiger partial charge >= 0.3 is 5.97 Å². The van der Waals surface area contributed by atoms with Crippen LogP contribution in [-0.4, -0.2) is 17.1 Å². The summed E-state index contributed by atoms with van der Waals surface area (Å²) >= 11 is 0. The maximum absolute atomic E-state index is 11.6. The Labute approximate surface area is 87.4 Å². The van der Waals surface area contributed by atoms with Gasteiger partial charge in [-0.05, 0) is 13.8 Å². The van der Waals surface area contributed by atoms with Gasteiger partial charge in [-0.2, -0.15) is 0 Å². The highest BCUT2D eigenvalue weighted by atomic mass is 16.5. The zero-order valence-electron chi connectivity index (χ0n) is 8.82. The van der Waals surface area contributed by atoms with Crippen LogP contribution in [0.15, 0.2) is 22.8 Å². The Morgan fingerprint density at radius 1 is 1.53 bits per heavy atom. The first-order valence-electron chi connectivity index (χ1n) is 5.01. The number of hydrogen-bond donors (Lipinski definition) is 0. The summed E-state index contributed by atoms with van der Waals surface area (Å²) in [6, 6.07) is 3.57. The largest absolute Gasteiger partial charge is 0.463 e. The summed E-state index contributed by atoms with van der Waals surface area (Å²) in [4.78, 5) is 11.6. The molecule has 0 aromatic carbocycles. The molecule has 2 aromatic heterocycles. The molecule has 0 aliphatic heterocycles. The molecule has 4 heteroatoms. The minimum absolute atomic E-state index is 0.300. The van der Waals surface area contributed by atoms with Gasteiger partial charge in [-0.15, -0.1) is 0 Å². The van der Waals surface area contributed by atoms with E-state index in [0.717, 1.165) is 17.6 Å². The summed E-state index contributed by atoms with van der Waals surface area (Å²) in [5, 5.41) is 0. The lowest BCUT2D eigenvalue weighted by Crippen LogP contribution is -2.11. The molecule has 0 fully saturated rings. The molecule has 15 heavy (non-hydrogen) atoms. The molecule has 0 aliphatic rings. The van der Waals surface area contributed by atoms with Crippen LogP contribution in [0.5, 0.6) is 0 Å². The molecule has 0 aliphatic carbocycles. The van der Waals surface area contributed by atoms with Crippen molar-refractivity contribution in [3.8, 4) is 0 Å². The highest BCUT2D eigenvalue weighted by Gasteiger charge is 2.16. The lowest BCUT2D eigenvalue weighted by Gasteiger charge is -2.05. The van der Waals surface area contributed by atoms with Crippen LogP contribution in [0, 0.1) is 0 Å². The second kappa shape index (κ2) is 3.81. The van der Waals surface area contributed by atoms with Crippen LogP contribution in [0.25, 0.3) is 11.1 Å². The highest BCUT2D eigenvalue weighted by Crippen LogP contribution is 2.21. The monoisotopic (exact) mass is 207 g/mol. The number of furan rings is 1. The number of esters is 1. The third-order valence-electron chi connectivity index (χ3n) is 2.32. The third-order valence-corrected chi connectivity index (χ3v) is 2.32. The van der Waals surface area contributed by atoms with Crippen LogP contribution < -0.4 is 0 Å². The summed E-state index contributed by atoms with van der Waals surface area (Å²) in [5.74, 6) is -0.300. The van der Waals surface area contributed by atoms with Crippen molar-refractivity contribution in [3.63, 3.8) is 0 Å². The van der Waals surface area contributed by atoms with E-state index < -0.39 is 0 Å².